The van der Waals surface area contributed by atoms with E-state index in [1.165, 1.54) is 12.6 Å². The second kappa shape index (κ2) is 5.10. The van der Waals surface area contributed by atoms with Gasteiger partial charge in [0.25, 0.3) is 5.56 Å². The maximum absolute atomic E-state index is 11.8. The van der Waals surface area contributed by atoms with E-state index >= 15 is 0 Å². The highest BCUT2D eigenvalue weighted by Crippen LogP contribution is 2.28. The van der Waals surface area contributed by atoms with Crippen molar-refractivity contribution >= 4 is 39.0 Å². The summed E-state index contributed by atoms with van der Waals surface area (Å²) in [5.74, 6) is 1.46. The van der Waals surface area contributed by atoms with E-state index in [0.717, 1.165) is 5.75 Å². The smallest absolute Gasteiger partial charge is 0.271 e. The molecule has 0 saturated carbocycles. The minimum absolute atomic E-state index is 0.0712. The Balaban J connectivity index is 2.47. The van der Waals surface area contributed by atoms with Crippen molar-refractivity contribution in [1.82, 2.24) is 9.97 Å². The number of anilines is 1. The fourth-order valence-electron chi connectivity index (χ4n) is 1.75. The molecule has 1 aromatic heterocycles. The zero-order chi connectivity index (χ0) is 13.3. The maximum atomic E-state index is 11.8. The molecule has 1 N–H and O–H groups in total. The third kappa shape index (κ3) is 2.65. The summed E-state index contributed by atoms with van der Waals surface area (Å²) >= 11 is 7.45. The van der Waals surface area contributed by atoms with Gasteiger partial charge in [-0.25, -0.2) is 13.4 Å². The molecule has 18 heavy (non-hydrogen) atoms. The first-order valence-corrected chi connectivity index (χ1v) is 8.66. The molecule has 0 aromatic carbocycles. The first-order valence-electron chi connectivity index (χ1n) is 5.17. The Bertz CT molecular complexity index is 601. The number of nitrogens with zero attached hydrogens (tertiary/aromatic N) is 2. The van der Waals surface area contributed by atoms with E-state index in [0.29, 0.717) is 12.3 Å². The van der Waals surface area contributed by atoms with E-state index in [-0.39, 0.29) is 10.8 Å². The number of halogens is 1. The Hall–Kier alpha value is -0.730. The van der Waals surface area contributed by atoms with Crippen molar-refractivity contribution in [3.8, 4) is 0 Å². The first-order chi connectivity index (χ1) is 8.41. The van der Waals surface area contributed by atoms with Gasteiger partial charge in [0.15, 0.2) is 15.7 Å². The molecule has 1 saturated heterocycles. The third-order valence-electron chi connectivity index (χ3n) is 2.63. The average molecular weight is 310 g/mol. The van der Waals surface area contributed by atoms with Crippen molar-refractivity contribution < 1.29 is 8.42 Å². The quantitative estimate of drug-likeness (QED) is 0.848. The lowest BCUT2D eigenvalue weighted by molar-refractivity contribution is 0.583. The Labute approximate surface area is 114 Å². The van der Waals surface area contributed by atoms with Gasteiger partial charge in [0.1, 0.15) is 10.4 Å². The highest BCUT2D eigenvalue weighted by Gasteiger charge is 2.33. The summed E-state index contributed by atoms with van der Waals surface area (Å²) in [7, 11) is -3.26. The number of hydrogen-bond donors (Lipinski definition) is 1. The van der Waals surface area contributed by atoms with Crippen LogP contribution in [-0.4, -0.2) is 48.1 Å². The second-order valence-corrected chi connectivity index (χ2v) is 7.65. The van der Waals surface area contributed by atoms with Gasteiger partial charge >= 0.3 is 0 Å². The van der Waals surface area contributed by atoms with Gasteiger partial charge in [-0.2, -0.15) is 11.8 Å². The minimum atomic E-state index is -3.26. The van der Waals surface area contributed by atoms with Crippen molar-refractivity contribution in [3.63, 3.8) is 0 Å². The monoisotopic (exact) mass is 309 g/mol. The summed E-state index contributed by atoms with van der Waals surface area (Å²) in [5, 5.41) is -0.763. The van der Waals surface area contributed by atoms with Crippen LogP contribution in [0.15, 0.2) is 11.1 Å². The fourth-order valence-corrected chi connectivity index (χ4v) is 4.78. The van der Waals surface area contributed by atoms with Crippen LogP contribution in [-0.2, 0) is 9.84 Å². The van der Waals surface area contributed by atoms with E-state index in [4.69, 9.17) is 11.6 Å². The van der Waals surface area contributed by atoms with Gasteiger partial charge in [0.2, 0.25) is 0 Å². The predicted octanol–water partition coefficient (Wildman–Crippen LogP) is 0.347. The molecule has 0 radical (unpaired) electrons. The van der Waals surface area contributed by atoms with Crippen molar-refractivity contribution in [2.45, 2.75) is 5.37 Å². The summed E-state index contributed by atoms with van der Waals surface area (Å²) in [5.41, 5.74) is -0.466. The zero-order valence-electron chi connectivity index (χ0n) is 9.59. The summed E-state index contributed by atoms with van der Waals surface area (Å²) < 4.78 is 23.5. The van der Waals surface area contributed by atoms with E-state index in [9.17, 15) is 13.2 Å². The molecule has 1 aliphatic rings. The number of sulfone groups is 1. The Morgan fingerprint density at radius 1 is 1.61 bits per heavy atom. The molecule has 0 spiro atoms. The van der Waals surface area contributed by atoms with Gasteiger partial charge < -0.3 is 9.88 Å². The molecule has 2 rings (SSSR count). The lowest BCUT2D eigenvalue weighted by Crippen LogP contribution is -2.47. The van der Waals surface area contributed by atoms with Crippen LogP contribution in [0.5, 0.6) is 0 Å². The largest absolute Gasteiger partial charge is 0.337 e. The summed E-state index contributed by atoms with van der Waals surface area (Å²) in [4.78, 5) is 19.4. The van der Waals surface area contributed by atoms with Gasteiger partial charge in [-0.3, -0.25) is 4.79 Å². The summed E-state index contributed by atoms with van der Waals surface area (Å²) in [6.45, 7) is 0.499. The van der Waals surface area contributed by atoms with Crippen molar-refractivity contribution in [1.29, 1.82) is 0 Å². The molecule has 1 fully saturated rings. The van der Waals surface area contributed by atoms with Gasteiger partial charge in [-0.15, -0.1) is 0 Å². The SMILES string of the molecule is CS(=O)(=O)C1CSCCN1c1nc[nH]c(=O)c1Cl. The van der Waals surface area contributed by atoms with Crippen LogP contribution in [0.4, 0.5) is 5.82 Å². The highest BCUT2D eigenvalue weighted by atomic mass is 35.5. The van der Waals surface area contributed by atoms with E-state index < -0.39 is 20.8 Å². The third-order valence-corrected chi connectivity index (χ3v) is 5.61. The first kappa shape index (κ1) is 13.7. The number of rotatable bonds is 2. The second-order valence-electron chi connectivity index (χ2n) is 3.92. The van der Waals surface area contributed by atoms with Crippen LogP contribution in [0.3, 0.4) is 0 Å². The van der Waals surface area contributed by atoms with Crippen LogP contribution < -0.4 is 10.5 Å². The number of thioether (sulfide) groups is 1. The molecular formula is C9H12ClN3O3S2. The van der Waals surface area contributed by atoms with Crippen LogP contribution >= 0.6 is 23.4 Å². The molecule has 1 aromatic rings. The van der Waals surface area contributed by atoms with Gasteiger partial charge in [0.05, 0.1) is 6.33 Å². The Kier molecular flexibility index (Phi) is 3.88. The molecule has 0 aliphatic carbocycles. The van der Waals surface area contributed by atoms with Gasteiger partial charge in [-0.1, -0.05) is 11.6 Å². The molecular weight excluding hydrogens is 298 g/mol. The van der Waals surface area contributed by atoms with E-state index in [1.807, 2.05) is 0 Å². The molecule has 6 nitrogen and oxygen atoms in total. The fraction of sp³-hybridized carbons (Fsp3) is 0.556. The number of aromatic amines is 1. The highest BCUT2D eigenvalue weighted by molar-refractivity contribution is 8.01. The summed E-state index contributed by atoms with van der Waals surface area (Å²) in [6, 6.07) is 0. The van der Waals surface area contributed by atoms with E-state index in [1.54, 1.807) is 16.7 Å². The lowest BCUT2D eigenvalue weighted by Gasteiger charge is -2.35. The standard InChI is InChI=1S/C9H12ClN3O3S2/c1-18(15,16)6-4-17-3-2-13(6)8-7(10)9(14)12-5-11-8/h5-6H,2-4H2,1H3,(H,11,12,14). The summed E-state index contributed by atoms with van der Waals surface area (Å²) in [6.07, 6.45) is 2.41. The van der Waals surface area contributed by atoms with Crippen LogP contribution in [0.1, 0.15) is 0 Å². The zero-order valence-corrected chi connectivity index (χ0v) is 12.0. The lowest BCUT2D eigenvalue weighted by atomic mass is 10.4. The number of hydrogen-bond acceptors (Lipinski definition) is 6. The maximum Gasteiger partial charge on any atom is 0.271 e. The topological polar surface area (TPSA) is 83.1 Å². The Morgan fingerprint density at radius 2 is 2.33 bits per heavy atom. The molecule has 100 valence electrons. The number of H-pyrrole nitrogens is 1. The number of aromatic nitrogens is 2. The van der Waals surface area contributed by atoms with Crippen molar-refractivity contribution in [3.05, 3.63) is 21.7 Å². The van der Waals surface area contributed by atoms with Gasteiger partial charge in [0, 0.05) is 24.3 Å². The Morgan fingerprint density at radius 3 is 3.00 bits per heavy atom. The molecule has 1 atom stereocenters. The van der Waals surface area contributed by atoms with Crippen LogP contribution in [0.2, 0.25) is 5.02 Å². The van der Waals surface area contributed by atoms with Crippen molar-refractivity contribution in [2.24, 2.45) is 0 Å². The van der Waals surface area contributed by atoms with Crippen LogP contribution in [0.25, 0.3) is 0 Å². The van der Waals surface area contributed by atoms with Gasteiger partial charge in [-0.05, 0) is 0 Å². The van der Waals surface area contributed by atoms with E-state index in [2.05, 4.69) is 9.97 Å². The average Bonchev–Trinajstić information content (AvgIpc) is 2.32. The molecule has 0 amide bonds. The minimum Gasteiger partial charge on any atom is -0.337 e. The predicted molar refractivity (Wildman–Crippen MR) is 73.2 cm³/mol. The van der Waals surface area contributed by atoms with Crippen molar-refractivity contribution in [2.75, 3.05) is 29.2 Å². The van der Waals surface area contributed by atoms with Crippen LogP contribution in [0, 0.1) is 0 Å². The molecule has 1 aliphatic heterocycles. The molecule has 1 unspecified atom stereocenters. The number of nitrogens with one attached hydrogen (secondary N) is 1. The molecule has 2 heterocycles. The molecule has 0 bridgehead atoms. The normalized spacial score (nSPS) is 21.0. The molecule has 9 heteroatoms.